The Morgan fingerprint density at radius 3 is 2.43 bits per heavy atom. The van der Waals surface area contributed by atoms with Crippen molar-refractivity contribution in [1.29, 1.82) is 0 Å². The largest absolute Gasteiger partial charge is 0.493 e. The summed E-state index contributed by atoms with van der Waals surface area (Å²) < 4.78 is 68.6. The van der Waals surface area contributed by atoms with E-state index in [1.807, 2.05) is 0 Å². The first-order valence-electron chi connectivity index (χ1n) is 13.3. The summed E-state index contributed by atoms with van der Waals surface area (Å²) in [6, 6.07) is 10.5. The van der Waals surface area contributed by atoms with E-state index in [4.69, 9.17) is 21.1 Å². The Kier molecular flexibility index (Phi) is 7.88. The van der Waals surface area contributed by atoms with Gasteiger partial charge in [0.15, 0.2) is 11.5 Å². The van der Waals surface area contributed by atoms with E-state index in [0.717, 1.165) is 25.0 Å². The minimum atomic E-state index is -5.26. The van der Waals surface area contributed by atoms with Gasteiger partial charge < -0.3 is 25.0 Å². The van der Waals surface area contributed by atoms with Crippen LogP contribution < -0.4 is 14.8 Å². The molecule has 2 saturated carbocycles. The van der Waals surface area contributed by atoms with Gasteiger partial charge in [-0.2, -0.15) is 13.2 Å². The number of alkyl halides is 3. The molecule has 2 aliphatic carbocycles. The maximum atomic E-state index is 14.6. The highest BCUT2D eigenvalue weighted by Crippen LogP contribution is 2.46. The number of ether oxygens (including phenoxy) is 2. The summed E-state index contributed by atoms with van der Waals surface area (Å²) in [6.45, 7) is 0.524. The maximum Gasteiger partial charge on any atom is 0.424 e. The number of amides is 1. The van der Waals surface area contributed by atoms with E-state index in [1.165, 1.54) is 43.5 Å². The topological polar surface area (TPSA) is 101 Å². The summed E-state index contributed by atoms with van der Waals surface area (Å²) in [6.07, 6.45) is -3.48. The van der Waals surface area contributed by atoms with Crippen LogP contribution in [0.4, 0.5) is 17.6 Å². The second-order valence-electron chi connectivity index (χ2n) is 11.1. The van der Waals surface area contributed by atoms with E-state index in [1.54, 1.807) is 6.92 Å². The molecular formula is C30H29ClF4N2O5. The van der Waals surface area contributed by atoms with Crippen molar-refractivity contribution in [1.82, 2.24) is 10.3 Å². The number of aliphatic hydroxyl groups is 2. The predicted molar refractivity (Wildman–Crippen MR) is 146 cm³/mol. The quantitative estimate of drug-likeness (QED) is 0.270. The number of halogens is 5. The Hall–Kier alpha value is -3.41. The van der Waals surface area contributed by atoms with Crippen LogP contribution in [0.25, 0.3) is 11.3 Å². The molecule has 1 unspecified atom stereocenters. The fourth-order valence-electron chi connectivity index (χ4n) is 5.03. The van der Waals surface area contributed by atoms with E-state index in [0.29, 0.717) is 11.3 Å². The number of hydrogen-bond donors (Lipinski definition) is 3. The molecule has 2 fully saturated rings. The Labute approximate surface area is 244 Å². The summed E-state index contributed by atoms with van der Waals surface area (Å²) in [4.78, 5) is 17.1. The van der Waals surface area contributed by atoms with Crippen molar-refractivity contribution in [2.24, 2.45) is 0 Å². The van der Waals surface area contributed by atoms with Gasteiger partial charge in [-0.15, -0.1) is 0 Å². The van der Waals surface area contributed by atoms with Crippen LogP contribution in [0.15, 0.2) is 48.5 Å². The van der Waals surface area contributed by atoms with Gasteiger partial charge in [0.05, 0.1) is 42.3 Å². The number of carbonyl (C=O) groups excluding carboxylic acids is 1. The lowest BCUT2D eigenvalue weighted by atomic mass is 9.64. The number of pyridine rings is 1. The molecule has 3 N–H and O–H groups in total. The zero-order valence-corrected chi connectivity index (χ0v) is 23.5. The Balaban J connectivity index is 1.49. The Morgan fingerprint density at radius 2 is 1.83 bits per heavy atom. The summed E-state index contributed by atoms with van der Waals surface area (Å²) in [7, 11) is 1.38. The van der Waals surface area contributed by atoms with Gasteiger partial charge in [0.2, 0.25) is 5.60 Å². The van der Waals surface area contributed by atoms with Crippen LogP contribution in [-0.4, -0.2) is 53.1 Å². The van der Waals surface area contributed by atoms with Gasteiger partial charge in [0.25, 0.3) is 5.91 Å². The fourth-order valence-corrected chi connectivity index (χ4v) is 5.21. The van der Waals surface area contributed by atoms with Gasteiger partial charge in [0.1, 0.15) is 5.82 Å². The smallest absolute Gasteiger partial charge is 0.424 e. The lowest BCUT2D eigenvalue weighted by Crippen LogP contribution is -2.52. The van der Waals surface area contributed by atoms with Crippen molar-refractivity contribution in [3.05, 3.63) is 76.2 Å². The lowest BCUT2D eigenvalue weighted by Gasteiger charge is -2.43. The van der Waals surface area contributed by atoms with Crippen LogP contribution in [-0.2, 0) is 11.0 Å². The zero-order valence-electron chi connectivity index (χ0n) is 22.8. The average molecular weight is 609 g/mol. The van der Waals surface area contributed by atoms with Crippen molar-refractivity contribution in [3.63, 3.8) is 0 Å². The van der Waals surface area contributed by atoms with Gasteiger partial charge in [-0.3, -0.25) is 4.79 Å². The third-order valence-electron chi connectivity index (χ3n) is 7.75. The zero-order chi connectivity index (χ0) is 30.4. The minimum absolute atomic E-state index is 0.00107. The van der Waals surface area contributed by atoms with Gasteiger partial charge in [-0.05, 0) is 85.2 Å². The number of nitrogens with one attached hydrogen (secondary N) is 1. The van der Waals surface area contributed by atoms with Crippen molar-refractivity contribution in [3.8, 4) is 22.8 Å². The molecule has 2 aromatic carbocycles. The van der Waals surface area contributed by atoms with E-state index in [2.05, 4.69) is 10.3 Å². The van der Waals surface area contributed by atoms with Crippen LogP contribution in [0.1, 0.15) is 54.2 Å². The monoisotopic (exact) mass is 608 g/mol. The van der Waals surface area contributed by atoms with Crippen molar-refractivity contribution >= 4 is 17.5 Å². The van der Waals surface area contributed by atoms with Gasteiger partial charge in [-0.1, -0.05) is 18.5 Å². The molecule has 1 amide bonds. The SMILES string of the molecule is COc1cc(C(=O)NCC(O)(c2cc(C3(C)CC(O)C3)cc(-c3ccc(F)c(Cl)c3)n2)C(F)(F)F)ccc1OC1CC1. The first-order chi connectivity index (χ1) is 19.7. The number of aromatic nitrogens is 1. The molecule has 12 heteroatoms. The molecule has 0 bridgehead atoms. The van der Waals surface area contributed by atoms with Crippen LogP contribution in [0.3, 0.4) is 0 Å². The first kappa shape index (κ1) is 30.1. The Morgan fingerprint density at radius 1 is 1.12 bits per heavy atom. The summed E-state index contributed by atoms with van der Waals surface area (Å²) in [5, 5.41) is 23.1. The number of rotatable bonds is 9. The molecule has 1 aromatic heterocycles. The molecule has 224 valence electrons. The Bertz CT molecular complexity index is 1510. The van der Waals surface area contributed by atoms with Crippen LogP contribution in [0, 0.1) is 5.82 Å². The fraction of sp³-hybridized carbons (Fsp3) is 0.400. The standard InChI is InChI=1S/C30H29ClF4N2O5/c1-28(13-19(38)14-28)18-11-23(16-3-7-22(32)21(31)9-16)37-26(12-18)29(40,30(33,34)35)15-36-27(39)17-4-8-24(25(10-17)41-2)42-20-5-6-20/h3-4,7-12,19-20,38,40H,5-6,13-15H2,1-2H3,(H,36,39). The molecular weight excluding hydrogens is 580 g/mol. The summed E-state index contributed by atoms with van der Waals surface area (Å²) >= 11 is 5.93. The average Bonchev–Trinajstić information content (AvgIpc) is 3.75. The van der Waals surface area contributed by atoms with E-state index >= 15 is 0 Å². The van der Waals surface area contributed by atoms with Gasteiger partial charge in [0, 0.05) is 11.1 Å². The highest BCUT2D eigenvalue weighted by atomic mass is 35.5. The molecule has 42 heavy (non-hydrogen) atoms. The van der Waals surface area contributed by atoms with Crippen molar-refractivity contribution < 1.29 is 42.0 Å². The molecule has 2 aliphatic rings. The predicted octanol–water partition coefficient (Wildman–Crippen LogP) is 5.68. The number of aliphatic hydroxyl groups excluding tert-OH is 1. The molecule has 0 spiro atoms. The second-order valence-corrected chi connectivity index (χ2v) is 11.5. The van der Waals surface area contributed by atoms with Gasteiger partial charge in [-0.25, -0.2) is 9.37 Å². The molecule has 1 atom stereocenters. The number of benzene rings is 2. The molecule has 0 radical (unpaired) electrons. The highest BCUT2D eigenvalue weighted by Gasteiger charge is 2.57. The molecule has 3 aromatic rings. The normalized spacial score (nSPS) is 21.7. The molecule has 0 saturated heterocycles. The summed E-state index contributed by atoms with van der Waals surface area (Å²) in [5.74, 6) is -0.949. The van der Waals surface area contributed by atoms with E-state index in [-0.39, 0.29) is 46.5 Å². The summed E-state index contributed by atoms with van der Waals surface area (Å²) in [5.41, 5.74) is -4.45. The van der Waals surface area contributed by atoms with Gasteiger partial charge >= 0.3 is 6.18 Å². The van der Waals surface area contributed by atoms with Crippen LogP contribution in [0.2, 0.25) is 5.02 Å². The molecule has 0 aliphatic heterocycles. The van der Waals surface area contributed by atoms with E-state index in [9.17, 15) is 32.6 Å². The lowest BCUT2D eigenvalue weighted by molar-refractivity contribution is -0.265. The number of methoxy groups -OCH3 is 1. The minimum Gasteiger partial charge on any atom is -0.493 e. The number of nitrogens with zero attached hydrogens (tertiary/aromatic N) is 1. The van der Waals surface area contributed by atoms with Crippen molar-refractivity contribution in [2.45, 2.75) is 62.0 Å². The van der Waals surface area contributed by atoms with E-state index < -0.39 is 47.3 Å². The number of hydrogen-bond acceptors (Lipinski definition) is 6. The molecule has 7 nitrogen and oxygen atoms in total. The molecule has 5 rings (SSSR count). The number of carbonyl (C=O) groups is 1. The van der Waals surface area contributed by atoms with Crippen molar-refractivity contribution in [2.75, 3.05) is 13.7 Å². The van der Waals surface area contributed by atoms with Crippen LogP contribution >= 0.6 is 11.6 Å². The first-order valence-corrected chi connectivity index (χ1v) is 13.7. The maximum absolute atomic E-state index is 14.6. The molecule has 1 heterocycles. The third kappa shape index (κ3) is 5.91. The second kappa shape index (κ2) is 11.0. The van der Waals surface area contributed by atoms with Crippen LogP contribution in [0.5, 0.6) is 11.5 Å². The third-order valence-corrected chi connectivity index (χ3v) is 8.04. The highest BCUT2D eigenvalue weighted by molar-refractivity contribution is 6.31.